The van der Waals surface area contributed by atoms with E-state index in [9.17, 15) is 5.11 Å². The fourth-order valence-corrected chi connectivity index (χ4v) is 3.80. The van der Waals surface area contributed by atoms with Gasteiger partial charge in [0.25, 0.3) is 0 Å². The Hall–Kier alpha value is -1.42. The zero-order valence-electron chi connectivity index (χ0n) is 15.8. The van der Waals surface area contributed by atoms with Crippen molar-refractivity contribution in [3.05, 3.63) is 52.7 Å². The molecule has 0 bridgehead atoms. The normalized spacial score (nSPS) is 20.4. The number of aromatic nitrogens is 1. The Balaban J connectivity index is 1.80. The number of halogens is 1. The van der Waals surface area contributed by atoms with Gasteiger partial charge in [0.05, 0.1) is 23.4 Å². The van der Waals surface area contributed by atoms with Crippen molar-refractivity contribution >= 4 is 22.5 Å². The maximum atomic E-state index is 10.1. The summed E-state index contributed by atoms with van der Waals surface area (Å²) in [6.07, 6.45) is 8.37. The Labute approximate surface area is 161 Å². The molecule has 4 heteroatoms. The smallest absolute Gasteiger partial charge is 0.105 e. The minimum Gasteiger partial charge on any atom is -0.389 e. The molecular weight excluding hydrogens is 346 g/mol. The van der Waals surface area contributed by atoms with Gasteiger partial charge in [0, 0.05) is 16.8 Å². The van der Waals surface area contributed by atoms with Crippen LogP contribution in [-0.4, -0.2) is 22.3 Å². The number of hydrogen-bond donors (Lipinski definition) is 1. The molecule has 0 spiro atoms. The monoisotopic (exact) mass is 373 g/mol. The van der Waals surface area contributed by atoms with Gasteiger partial charge in [0.15, 0.2) is 0 Å². The van der Waals surface area contributed by atoms with E-state index in [4.69, 9.17) is 21.3 Å². The first-order valence-corrected chi connectivity index (χ1v) is 9.90. The standard InChI is InChI=1S/C22H28ClNO2/c1-4-5-6-7-18(25)9-10-19-14-16-12-15-13-17(23)8-11-20(15)24-21(16)22(2,3)26-19/h8-13,18-19,25H,4-7,14H2,1-3H3/b10-9+. The fourth-order valence-electron chi connectivity index (χ4n) is 3.62. The third-order valence-corrected chi connectivity index (χ3v) is 5.18. The van der Waals surface area contributed by atoms with Crippen LogP contribution in [0.1, 0.15) is 57.7 Å². The molecule has 0 saturated heterocycles. The van der Waals surface area contributed by atoms with Gasteiger partial charge < -0.3 is 9.84 Å². The average molecular weight is 374 g/mol. The number of rotatable bonds is 6. The molecule has 1 aromatic carbocycles. The van der Waals surface area contributed by atoms with Crippen LogP contribution in [0, 0.1) is 0 Å². The summed E-state index contributed by atoms with van der Waals surface area (Å²) < 4.78 is 6.26. The molecule has 0 fully saturated rings. The number of benzene rings is 1. The summed E-state index contributed by atoms with van der Waals surface area (Å²) in [5, 5.41) is 11.9. The molecule has 0 aliphatic carbocycles. The summed E-state index contributed by atoms with van der Waals surface area (Å²) >= 11 is 6.13. The third-order valence-electron chi connectivity index (χ3n) is 4.94. The average Bonchev–Trinajstić information content (AvgIpc) is 2.58. The molecule has 1 aliphatic rings. The van der Waals surface area contributed by atoms with Gasteiger partial charge in [0.2, 0.25) is 0 Å². The van der Waals surface area contributed by atoms with Gasteiger partial charge in [0.1, 0.15) is 5.60 Å². The van der Waals surface area contributed by atoms with E-state index in [-0.39, 0.29) is 6.10 Å². The Kier molecular flexibility index (Phi) is 6.01. The molecule has 3 nitrogen and oxygen atoms in total. The molecule has 0 amide bonds. The van der Waals surface area contributed by atoms with Crippen LogP contribution in [0.15, 0.2) is 36.4 Å². The van der Waals surface area contributed by atoms with Crippen LogP contribution in [0.3, 0.4) is 0 Å². The predicted octanol–water partition coefficient (Wildman–Crippen LogP) is 5.56. The second-order valence-electron chi connectivity index (χ2n) is 7.65. The van der Waals surface area contributed by atoms with Crippen LogP contribution < -0.4 is 0 Å². The van der Waals surface area contributed by atoms with Gasteiger partial charge in [-0.15, -0.1) is 0 Å². The van der Waals surface area contributed by atoms with Crippen molar-refractivity contribution in [1.82, 2.24) is 4.98 Å². The number of fused-ring (bicyclic) bond motifs is 2. The zero-order valence-corrected chi connectivity index (χ0v) is 16.6. The molecule has 2 aromatic rings. The first-order valence-electron chi connectivity index (χ1n) is 9.53. The van der Waals surface area contributed by atoms with Crippen LogP contribution in [-0.2, 0) is 16.8 Å². The highest BCUT2D eigenvalue weighted by atomic mass is 35.5. The quantitative estimate of drug-likeness (QED) is 0.532. The SMILES string of the molecule is CCCCCC(O)/C=C/C1Cc2cc3cc(Cl)ccc3nc2C(C)(C)O1. The zero-order chi connectivity index (χ0) is 18.7. The Morgan fingerprint density at radius 2 is 2.15 bits per heavy atom. The third kappa shape index (κ3) is 4.46. The van der Waals surface area contributed by atoms with Crippen LogP contribution in [0.25, 0.3) is 10.9 Å². The molecule has 1 aromatic heterocycles. The minimum absolute atomic E-state index is 0.0586. The van der Waals surface area contributed by atoms with Gasteiger partial charge in [-0.05, 0) is 50.1 Å². The number of ether oxygens (including phenoxy) is 1. The summed E-state index contributed by atoms with van der Waals surface area (Å²) in [6.45, 7) is 6.28. The highest BCUT2D eigenvalue weighted by Gasteiger charge is 2.34. The summed E-state index contributed by atoms with van der Waals surface area (Å²) in [5.41, 5.74) is 2.64. The molecule has 1 aliphatic heterocycles. The van der Waals surface area contributed by atoms with Crippen molar-refractivity contribution in [1.29, 1.82) is 0 Å². The molecule has 1 N–H and O–H groups in total. The van der Waals surface area contributed by atoms with Crippen molar-refractivity contribution in [3.8, 4) is 0 Å². The van der Waals surface area contributed by atoms with Crippen molar-refractivity contribution in [2.24, 2.45) is 0 Å². The number of aliphatic hydroxyl groups excluding tert-OH is 1. The molecule has 2 unspecified atom stereocenters. The Bertz CT molecular complexity index is 800. The van der Waals surface area contributed by atoms with Crippen LogP contribution in [0.4, 0.5) is 0 Å². The summed E-state index contributed by atoms with van der Waals surface area (Å²) in [4.78, 5) is 4.83. The Morgan fingerprint density at radius 3 is 2.92 bits per heavy atom. The van der Waals surface area contributed by atoms with Crippen LogP contribution in [0.5, 0.6) is 0 Å². The lowest BCUT2D eigenvalue weighted by molar-refractivity contribution is -0.0700. The Morgan fingerprint density at radius 1 is 1.35 bits per heavy atom. The second kappa shape index (κ2) is 8.08. The summed E-state index contributed by atoms with van der Waals surface area (Å²) in [6, 6.07) is 7.94. The minimum atomic E-state index is -0.469. The number of aliphatic hydroxyl groups is 1. The molecule has 2 atom stereocenters. The summed E-state index contributed by atoms with van der Waals surface area (Å²) in [5.74, 6) is 0. The van der Waals surface area contributed by atoms with E-state index >= 15 is 0 Å². The van der Waals surface area contributed by atoms with E-state index in [1.165, 1.54) is 5.56 Å². The highest BCUT2D eigenvalue weighted by Crippen LogP contribution is 2.36. The van der Waals surface area contributed by atoms with Crippen LogP contribution >= 0.6 is 11.6 Å². The second-order valence-corrected chi connectivity index (χ2v) is 8.09. The predicted molar refractivity (Wildman–Crippen MR) is 108 cm³/mol. The van der Waals surface area contributed by atoms with E-state index < -0.39 is 11.7 Å². The first-order chi connectivity index (χ1) is 12.4. The first kappa shape index (κ1) is 19.3. The van der Waals surface area contributed by atoms with E-state index in [1.807, 2.05) is 30.4 Å². The van der Waals surface area contributed by atoms with Gasteiger partial charge in [-0.2, -0.15) is 0 Å². The van der Waals surface area contributed by atoms with E-state index in [0.717, 1.165) is 53.7 Å². The van der Waals surface area contributed by atoms with Gasteiger partial charge >= 0.3 is 0 Å². The van der Waals surface area contributed by atoms with E-state index in [2.05, 4.69) is 26.8 Å². The topological polar surface area (TPSA) is 42.4 Å². The molecule has 0 saturated carbocycles. The van der Waals surface area contributed by atoms with E-state index in [0.29, 0.717) is 0 Å². The van der Waals surface area contributed by atoms with Gasteiger partial charge in [-0.1, -0.05) is 49.9 Å². The van der Waals surface area contributed by atoms with Gasteiger partial charge in [-0.3, -0.25) is 0 Å². The molecule has 140 valence electrons. The lowest BCUT2D eigenvalue weighted by atomic mass is 9.90. The maximum Gasteiger partial charge on any atom is 0.105 e. The van der Waals surface area contributed by atoms with Crippen molar-refractivity contribution in [2.45, 2.75) is 70.7 Å². The number of hydrogen-bond acceptors (Lipinski definition) is 3. The number of pyridine rings is 1. The molecule has 3 rings (SSSR count). The van der Waals surface area contributed by atoms with Crippen molar-refractivity contribution in [2.75, 3.05) is 0 Å². The number of unbranched alkanes of at least 4 members (excludes halogenated alkanes) is 2. The molecular formula is C22H28ClNO2. The van der Waals surface area contributed by atoms with E-state index in [1.54, 1.807) is 0 Å². The fraction of sp³-hybridized carbons (Fsp3) is 0.500. The maximum absolute atomic E-state index is 10.1. The van der Waals surface area contributed by atoms with Gasteiger partial charge in [-0.25, -0.2) is 4.98 Å². The molecule has 26 heavy (non-hydrogen) atoms. The largest absolute Gasteiger partial charge is 0.389 e. The molecule has 2 heterocycles. The molecule has 0 radical (unpaired) electrons. The summed E-state index contributed by atoms with van der Waals surface area (Å²) in [7, 11) is 0. The lowest BCUT2D eigenvalue weighted by Gasteiger charge is -2.36. The number of nitrogens with zero attached hydrogens (tertiary/aromatic N) is 1. The highest BCUT2D eigenvalue weighted by molar-refractivity contribution is 6.31. The van der Waals surface area contributed by atoms with Crippen molar-refractivity contribution < 1.29 is 9.84 Å². The lowest BCUT2D eigenvalue weighted by Crippen LogP contribution is -2.36. The van der Waals surface area contributed by atoms with Crippen molar-refractivity contribution in [3.63, 3.8) is 0 Å². The van der Waals surface area contributed by atoms with Crippen LogP contribution in [0.2, 0.25) is 5.02 Å².